The summed E-state index contributed by atoms with van der Waals surface area (Å²) in [7, 11) is 0. The monoisotopic (exact) mass is 287 g/mol. The Labute approximate surface area is 126 Å². The van der Waals surface area contributed by atoms with Gasteiger partial charge >= 0.3 is 0 Å². The Kier molecular flexibility index (Phi) is 4.56. The van der Waals surface area contributed by atoms with Gasteiger partial charge in [-0.05, 0) is 31.5 Å². The minimum atomic E-state index is 0.340. The molecule has 2 aromatic rings. The number of fused-ring (bicyclic) bond motifs is 1. The zero-order valence-electron chi connectivity index (χ0n) is 13.0. The van der Waals surface area contributed by atoms with Crippen molar-refractivity contribution in [3.05, 3.63) is 30.1 Å². The Morgan fingerprint density at radius 1 is 1.33 bits per heavy atom. The van der Waals surface area contributed by atoms with Crippen LogP contribution in [0.2, 0.25) is 0 Å². The summed E-state index contributed by atoms with van der Waals surface area (Å²) >= 11 is 0. The number of nitrogens with one attached hydrogen (secondary N) is 1. The fourth-order valence-corrected chi connectivity index (χ4v) is 3.26. The maximum absolute atomic E-state index is 5.78. The van der Waals surface area contributed by atoms with E-state index in [9.17, 15) is 0 Å². The van der Waals surface area contributed by atoms with E-state index < -0.39 is 0 Å². The van der Waals surface area contributed by atoms with Crippen molar-refractivity contribution in [1.82, 2.24) is 14.9 Å². The van der Waals surface area contributed by atoms with E-state index in [4.69, 9.17) is 9.72 Å². The highest BCUT2D eigenvalue weighted by Gasteiger charge is 2.29. The molecular formula is C17H25N3O. The minimum absolute atomic E-state index is 0.340. The number of hydrogen-bond donors (Lipinski definition) is 1. The highest BCUT2D eigenvalue weighted by molar-refractivity contribution is 5.76. The van der Waals surface area contributed by atoms with Crippen molar-refractivity contribution in [3.8, 4) is 0 Å². The summed E-state index contributed by atoms with van der Waals surface area (Å²) in [4.78, 5) is 4.80. The quantitative estimate of drug-likeness (QED) is 0.919. The Hall–Kier alpha value is -1.39. The topological polar surface area (TPSA) is 39.1 Å². The third-order valence-corrected chi connectivity index (χ3v) is 4.30. The molecule has 0 bridgehead atoms. The van der Waals surface area contributed by atoms with Crippen molar-refractivity contribution in [2.75, 3.05) is 19.8 Å². The van der Waals surface area contributed by atoms with E-state index in [2.05, 4.69) is 48.0 Å². The van der Waals surface area contributed by atoms with Gasteiger partial charge in [0.1, 0.15) is 5.82 Å². The number of ether oxygens (including phenoxy) is 1. The molecule has 0 amide bonds. The molecule has 114 valence electrons. The van der Waals surface area contributed by atoms with Crippen molar-refractivity contribution in [2.45, 2.75) is 45.2 Å². The Bertz CT molecular complexity index is 593. The SMILES string of the molecule is CCCNC1CCOCC1n1c(CC)nc2ccccc21. The van der Waals surface area contributed by atoms with Gasteiger partial charge in [0.15, 0.2) is 0 Å². The van der Waals surface area contributed by atoms with Gasteiger partial charge in [0.2, 0.25) is 0 Å². The minimum Gasteiger partial charge on any atom is -0.379 e. The van der Waals surface area contributed by atoms with Crippen LogP contribution in [0.15, 0.2) is 24.3 Å². The van der Waals surface area contributed by atoms with Gasteiger partial charge in [-0.25, -0.2) is 4.98 Å². The number of para-hydroxylation sites is 2. The third-order valence-electron chi connectivity index (χ3n) is 4.30. The van der Waals surface area contributed by atoms with Crippen LogP contribution in [0.3, 0.4) is 0 Å². The molecule has 4 heteroatoms. The van der Waals surface area contributed by atoms with E-state index in [0.717, 1.165) is 50.4 Å². The second-order valence-corrected chi connectivity index (χ2v) is 5.73. The molecule has 1 saturated heterocycles. The Morgan fingerprint density at radius 3 is 3.00 bits per heavy atom. The summed E-state index contributed by atoms with van der Waals surface area (Å²) in [6.07, 6.45) is 3.18. The lowest BCUT2D eigenvalue weighted by atomic mass is 10.0. The Morgan fingerprint density at radius 2 is 2.19 bits per heavy atom. The molecule has 0 aliphatic carbocycles. The van der Waals surface area contributed by atoms with Gasteiger partial charge in [-0.15, -0.1) is 0 Å². The summed E-state index contributed by atoms with van der Waals surface area (Å²) < 4.78 is 8.18. The smallest absolute Gasteiger partial charge is 0.109 e. The van der Waals surface area contributed by atoms with E-state index >= 15 is 0 Å². The number of rotatable bonds is 5. The Balaban J connectivity index is 2.00. The van der Waals surface area contributed by atoms with E-state index in [0.29, 0.717) is 12.1 Å². The number of imidazole rings is 1. The van der Waals surface area contributed by atoms with Gasteiger partial charge in [0.25, 0.3) is 0 Å². The molecule has 2 unspecified atom stereocenters. The highest BCUT2D eigenvalue weighted by Crippen LogP contribution is 2.27. The summed E-state index contributed by atoms with van der Waals surface area (Å²) in [6.45, 7) is 7.08. The van der Waals surface area contributed by atoms with Crippen LogP contribution in [0.4, 0.5) is 0 Å². The molecule has 0 radical (unpaired) electrons. The molecule has 0 saturated carbocycles. The van der Waals surface area contributed by atoms with Crippen LogP contribution in [-0.2, 0) is 11.2 Å². The van der Waals surface area contributed by atoms with Crippen molar-refractivity contribution in [3.63, 3.8) is 0 Å². The maximum Gasteiger partial charge on any atom is 0.109 e. The van der Waals surface area contributed by atoms with Crippen molar-refractivity contribution >= 4 is 11.0 Å². The molecule has 3 rings (SSSR count). The fraction of sp³-hybridized carbons (Fsp3) is 0.588. The fourth-order valence-electron chi connectivity index (χ4n) is 3.26. The second kappa shape index (κ2) is 6.58. The van der Waals surface area contributed by atoms with Gasteiger partial charge in [0, 0.05) is 19.1 Å². The van der Waals surface area contributed by atoms with Crippen LogP contribution in [0.25, 0.3) is 11.0 Å². The molecule has 1 aliphatic rings. The van der Waals surface area contributed by atoms with E-state index in [1.165, 1.54) is 5.52 Å². The van der Waals surface area contributed by atoms with Gasteiger partial charge < -0.3 is 14.6 Å². The molecule has 1 N–H and O–H groups in total. The van der Waals surface area contributed by atoms with Crippen LogP contribution in [0.5, 0.6) is 0 Å². The average molecular weight is 287 g/mol. The zero-order valence-corrected chi connectivity index (χ0v) is 13.0. The number of benzene rings is 1. The third kappa shape index (κ3) is 2.83. The van der Waals surface area contributed by atoms with E-state index in [-0.39, 0.29) is 0 Å². The lowest BCUT2D eigenvalue weighted by Crippen LogP contribution is -2.44. The summed E-state index contributed by atoms with van der Waals surface area (Å²) in [6, 6.07) is 9.24. The van der Waals surface area contributed by atoms with Crippen LogP contribution < -0.4 is 5.32 Å². The van der Waals surface area contributed by atoms with E-state index in [1.807, 2.05) is 0 Å². The van der Waals surface area contributed by atoms with Crippen LogP contribution in [0, 0.1) is 0 Å². The van der Waals surface area contributed by atoms with E-state index in [1.54, 1.807) is 0 Å². The highest BCUT2D eigenvalue weighted by atomic mass is 16.5. The average Bonchev–Trinajstić information content (AvgIpc) is 2.91. The number of nitrogens with zero attached hydrogens (tertiary/aromatic N) is 2. The molecule has 1 aliphatic heterocycles. The first-order chi connectivity index (χ1) is 10.3. The molecular weight excluding hydrogens is 262 g/mol. The van der Waals surface area contributed by atoms with Gasteiger partial charge in [0.05, 0.1) is 23.7 Å². The lowest BCUT2D eigenvalue weighted by Gasteiger charge is -2.34. The molecule has 1 aromatic heterocycles. The summed E-state index contributed by atoms with van der Waals surface area (Å²) in [5, 5.41) is 3.70. The molecule has 4 nitrogen and oxygen atoms in total. The predicted molar refractivity (Wildman–Crippen MR) is 85.7 cm³/mol. The molecule has 1 aromatic carbocycles. The van der Waals surface area contributed by atoms with Crippen molar-refractivity contribution in [2.24, 2.45) is 0 Å². The van der Waals surface area contributed by atoms with Crippen LogP contribution in [-0.4, -0.2) is 35.4 Å². The summed E-state index contributed by atoms with van der Waals surface area (Å²) in [5.41, 5.74) is 2.32. The lowest BCUT2D eigenvalue weighted by molar-refractivity contribution is 0.0376. The standard InChI is InChI=1S/C17H25N3O/c1-3-10-18-13-9-11-21-12-16(13)20-15-8-6-5-7-14(15)19-17(20)4-2/h5-8,13,16,18H,3-4,9-12H2,1-2H3. The molecule has 2 atom stereocenters. The van der Waals surface area contributed by atoms with Gasteiger partial charge in [-0.1, -0.05) is 26.0 Å². The van der Waals surface area contributed by atoms with Gasteiger partial charge in [-0.2, -0.15) is 0 Å². The molecule has 2 heterocycles. The summed E-state index contributed by atoms with van der Waals surface area (Å²) in [5.74, 6) is 1.16. The first-order valence-electron chi connectivity index (χ1n) is 8.12. The maximum atomic E-state index is 5.78. The largest absolute Gasteiger partial charge is 0.379 e. The molecule has 21 heavy (non-hydrogen) atoms. The normalized spacial score (nSPS) is 22.8. The number of hydrogen-bond acceptors (Lipinski definition) is 3. The number of aromatic nitrogens is 2. The van der Waals surface area contributed by atoms with Crippen LogP contribution >= 0.6 is 0 Å². The predicted octanol–water partition coefficient (Wildman–Crippen LogP) is 2.93. The first-order valence-corrected chi connectivity index (χ1v) is 8.12. The molecule has 1 fully saturated rings. The van der Waals surface area contributed by atoms with Crippen molar-refractivity contribution in [1.29, 1.82) is 0 Å². The second-order valence-electron chi connectivity index (χ2n) is 5.73. The van der Waals surface area contributed by atoms with Crippen LogP contribution in [0.1, 0.15) is 38.6 Å². The molecule has 0 spiro atoms. The van der Waals surface area contributed by atoms with Crippen molar-refractivity contribution < 1.29 is 4.74 Å². The van der Waals surface area contributed by atoms with Gasteiger partial charge in [-0.3, -0.25) is 0 Å². The number of aryl methyl sites for hydroxylation is 1. The zero-order chi connectivity index (χ0) is 14.7. The first kappa shape index (κ1) is 14.5.